The first-order valence-corrected chi connectivity index (χ1v) is 9.21. The third-order valence-corrected chi connectivity index (χ3v) is 4.88. The summed E-state index contributed by atoms with van der Waals surface area (Å²) in [6.45, 7) is 0. The van der Waals surface area contributed by atoms with E-state index in [-0.39, 0.29) is 22.6 Å². The number of thiazole rings is 1. The molecule has 0 aliphatic rings. The number of nitriles is 1. The quantitative estimate of drug-likeness (QED) is 0.329. The second-order valence-corrected chi connectivity index (χ2v) is 6.65. The Balaban J connectivity index is 1.85. The molecule has 10 nitrogen and oxygen atoms in total. The number of aromatic nitrogens is 1. The van der Waals surface area contributed by atoms with Gasteiger partial charge < -0.3 is 10.1 Å². The van der Waals surface area contributed by atoms with Gasteiger partial charge in [0.25, 0.3) is 11.4 Å². The first kappa shape index (κ1) is 20.4. The van der Waals surface area contributed by atoms with E-state index in [9.17, 15) is 25.5 Å². The molecular formula is C19H13N5O5S. The molecule has 11 heteroatoms. The molecule has 1 aromatic heterocycles. The van der Waals surface area contributed by atoms with E-state index in [4.69, 9.17) is 4.74 Å². The van der Waals surface area contributed by atoms with Crippen molar-refractivity contribution in [1.29, 1.82) is 5.26 Å². The zero-order valence-corrected chi connectivity index (χ0v) is 16.3. The van der Waals surface area contributed by atoms with Gasteiger partial charge in [-0.25, -0.2) is 4.98 Å². The summed E-state index contributed by atoms with van der Waals surface area (Å²) in [5, 5.41) is 36.4. The van der Waals surface area contributed by atoms with Crippen LogP contribution in [-0.2, 0) is 0 Å². The van der Waals surface area contributed by atoms with E-state index in [1.807, 2.05) is 6.07 Å². The van der Waals surface area contributed by atoms with E-state index in [0.29, 0.717) is 22.0 Å². The smallest absolute Gasteiger partial charge is 0.296 e. The van der Waals surface area contributed by atoms with Gasteiger partial charge in [0.2, 0.25) is 0 Å². The molecule has 0 saturated carbocycles. The summed E-state index contributed by atoms with van der Waals surface area (Å²) < 4.78 is 5.00. The number of allylic oxidation sites excluding steroid dienone is 1. The standard InChI is InChI=1S/C19H13N5O5S/c1-29-15-6-7-16(18(8-15)24(27)28)21-10-13(9-20)19-22-17(11-30-19)12-2-4-14(5-3-12)23(25)26/h2-8,10-11,21H,1H3/b13-10+. The lowest BCUT2D eigenvalue weighted by Gasteiger charge is -2.05. The number of nitrogens with one attached hydrogen (secondary N) is 1. The molecule has 1 N–H and O–H groups in total. The third kappa shape index (κ3) is 4.40. The van der Waals surface area contributed by atoms with Crippen molar-refractivity contribution < 1.29 is 14.6 Å². The predicted molar refractivity (Wildman–Crippen MR) is 111 cm³/mol. The third-order valence-electron chi connectivity index (χ3n) is 4.00. The van der Waals surface area contributed by atoms with Crippen LogP contribution in [0.3, 0.4) is 0 Å². The van der Waals surface area contributed by atoms with Crippen LogP contribution < -0.4 is 10.1 Å². The Morgan fingerprint density at radius 3 is 2.53 bits per heavy atom. The van der Waals surface area contributed by atoms with Crippen molar-refractivity contribution in [2.75, 3.05) is 12.4 Å². The molecular weight excluding hydrogens is 410 g/mol. The number of hydrogen-bond acceptors (Lipinski definition) is 9. The Hall–Kier alpha value is -4.30. The first-order valence-electron chi connectivity index (χ1n) is 8.33. The van der Waals surface area contributed by atoms with Crippen LogP contribution in [0.25, 0.3) is 16.8 Å². The van der Waals surface area contributed by atoms with Gasteiger partial charge in [-0.15, -0.1) is 11.3 Å². The van der Waals surface area contributed by atoms with Crippen molar-refractivity contribution in [2.24, 2.45) is 0 Å². The number of non-ortho nitro benzene ring substituents is 1. The number of nitrogens with zero attached hydrogens (tertiary/aromatic N) is 4. The van der Waals surface area contributed by atoms with Crippen molar-refractivity contribution in [2.45, 2.75) is 0 Å². The molecule has 2 aromatic carbocycles. The minimum Gasteiger partial charge on any atom is -0.496 e. The molecule has 0 radical (unpaired) electrons. The Labute approximate surface area is 174 Å². The summed E-state index contributed by atoms with van der Waals surface area (Å²) in [4.78, 5) is 25.4. The van der Waals surface area contributed by atoms with Crippen molar-refractivity contribution in [3.05, 3.63) is 79.3 Å². The maximum absolute atomic E-state index is 11.3. The number of hydrogen-bond donors (Lipinski definition) is 1. The summed E-state index contributed by atoms with van der Waals surface area (Å²) in [6, 6.07) is 12.2. The maximum Gasteiger partial charge on any atom is 0.296 e. The van der Waals surface area contributed by atoms with Gasteiger partial charge in [-0.2, -0.15) is 5.26 Å². The molecule has 0 bridgehead atoms. The molecule has 0 aliphatic carbocycles. The van der Waals surface area contributed by atoms with Crippen LogP contribution in [0.1, 0.15) is 5.01 Å². The number of nitro groups is 2. The van der Waals surface area contributed by atoms with Crippen LogP contribution in [0.4, 0.5) is 17.1 Å². The maximum atomic E-state index is 11.3. The van der Waals surface area contributed by atoms with Gasteiger partial charge >= 0.3 is 0 Å². The molecule has 0 aliphatic heterocycles. The SMILES string of the molecule is COc1ccc(N/C=C(\C#N)c2nc(-c3ccc([N+](=O)[O-])cc3)cs2)c([N+](=O)[O-])c1. The highest BCUT2D eigenvalue weighted by Crippen LogP contribution is 2.31. The van der Waals surface area contributed by atoms with E-state index in [1.165, 1.54) is 48.9 Å². The number of ether oxygens (including phenoxy) is 1. The van der Waals surface area contributed by atoms with Gasteiger partial charge in [-0.1, -0.05) is 0 Å². The Morgan fingerprint density at radius 2 is 1.93 bits per heavy atom. The number of anilines is 1. The lowest BCUT2D eigenvalue weighted by atomic mass is 10.1. The fourth-order valence-corrected chi connectivity index (χ4v) is 3.28. The zero-order chi connectivity index (χ0) is 21.7. The van der Waals surface area contributed by atoms with Crippen LogP contribution in [0.2, 0.25) is 0 Å². The number of rotatable bonds is 7. The molecule has 150 valence electrons. The molecule has 0 atom stereocenters. The van der Waals surface area contributed by atoms with Gasteiger partial charge in [-0.05, 0) is 24.3 Å². The highest BCUT2D eigenvalue weighted by Gasteiger charge is 2.16. The molecule has 1 heterocycles. The summed E-state index contributed by atoms with van der Waals surface area (Å²) >= 11 is 1.21. The van der Waals surface area contributed by atoms with Crippen molar-refractivity contribution in [3.63, 3.8) is 0 Å². The van der Waals surface area contributed by atoms with Crippen molar-refractivity contribution in [3.8, 4) is 23.1 Å². The Morgan fingerprint density at radius 1 is 1.20 bits per heavy atom. The Bertz CT molecular complexity index is 1180. The lowest BCUT2D eigenvalue weighted by molar-refractivity contribution is -0.384. The molecule has 0 saturated heterocycles. The minimum atomic E-state index is -0.555. The average molecular weight is 423 g/mol. The summed E-state index contributed by atoms with van der Waals surface area (Å²) in [7, 11) is 1.41. The van der Waals surface area contributed by atoms with Gasteiger partial charge in [-0.3, -0.25) is 20.2 Å². The van der Waals surface area contributed by atoms with E-state index in [2.05, 4.69) is 10.3 Å². The summed E-state index contributed by atoms with van der Waals surface area (Å²) in [5.41, 5.74) is 1.37. The summed E-state index contributed by atoms with van der Waals surface area (Å²) in [5.74, 6) is 0.337. The van der Waals surface area contributed by atoms with Crippen LogP contribution in [-0.4, -0.2) is 21.9 Å². The van der Waals surface area contributed by atoms with E-state index in [1.54, 1.807) is 23.6 Å². The first-order chi connectivity index (χ1) is 14.4. The van der Waals surface area contributed by atoms with Crippen LogP contribution >= 0.6 is 11.3 Å². The molecule has 30 heavy (non-hydrogen) atoms. The molecule has 0 amide bonds. The van der Waals surface area contributed by atoms with Crippen molar-refractivity contribution in [1.82, 2.24) is 4.98 Å². The topological polar surface area (TPSA) is 144 Å². The van der Waals surface area contributed by atoms with Crippen LogP contribution in [0.5, 0.6) is 5.75 Å². The largest absolute Gasteiger partial charge is 0.496 e. The van der Waals surface area contributed by atoms with Gasteiger partial charge in [0.15, 0.2) is 0 Å². The Kier molecular flexibility index (Phi) is 6.00. The summed E-state index contributed by atoms with van der Waals surface area (Å²) in [6.07, 6.45) is 1.34. The molecule has 0 spiro atoms. The van der Waals surface area contributed by atoms with Crippen LogP contribution in [0.15, 0.2) is 54.0 Å². The second kappa shape index (κ2) is 8.80. The monoisotopic (exact) mass is 423 g/mol. The van der Waals surface area contributed by atoms with Gasteiger partial charge in [0, 0.05) is 29.3 Å². The van der Waals surface area contributed by atoms with E-state index in [0.717, 1.165) is 0 Å². The number of benzene rings is 2. The molecule has 0 unspecified atom stereocenters. The zero-order valence-electron chi connectivity index (χ0n) is 15.4. The fraction of sp³-hybridized carbons (Fsp3) is 0.0526. The van der Waals surface area contributed by atoms with Crippen molar-refractivity contribution >= 4 is 34.0 Å². The van der Waals surface area contributed by atoms with E-state index < -0.39 is 9.85 Å². The highest BCUT2D eigenvalue weighted by molar-refractivity contribution is 7.11. The molecule has 3 aromatic rings. The molecule has 0 fully saturated rings. The fourth-order valence-electron chi connectivity index (χ4n) is 2.49. The minimum absolute atomic E-state index is 0.0305. The average Bonchev–Trinajstić information content (AvgIpc) is 3.24. The van der Waals surface area contributed by atoms with E-state index >= 15 is 0 Å². The highest BCUT2D eigenvalue weighted by atomic mass is 32.1. The van der Waals surface area contributed by atoms with Gasteiger partial charge in [0.1, 0.15) is 28.1 Å². The normalized spacial score (nSPS) is 10.9. The molecule has 3 rings (SSSR count). The second-order valence-electron chi connectivity index (χ2n) is 5.80. The lowest BCUT2D eigenvalue weighted by Crippen LogP contribution is -1.98. The van der Waals surface area contributed by atoms with Crippen LogP contribution in [0, 0.1) is 31.6 Å². The number of methoxy groups -OCH3 is 1. The van der Waals surface area contributed by atoms with Gasteiger partial charge in [0.05, 0.1) is 28.7 Å². The predicted octanol–water partition coefficient (Wildman–Crippen LogP) is 4.61. The number of nitro benzene ring substituents is 2.